The molecule has 0 aromatic heterocycles. The van der Waals surface area contributed by atoms with Crippen LogP contribution in [0.1, 0.15) is 123 Å². The van der Waals surface area contributed by atoms with E-state index < -0.39 is 0 Å². The zero-order valence-electron chi connectivity index (χ0n) is 17.7. The van der Waals surface area contributed by atoms with E-state index in [9.17, 15) is 0 Å². The lowest BCUT2D eigenvalue weighted by molar-refractivity contribution is 0.217. The Morgan fingerprint density at radius 1 is 0.440 bits per heavy atom. The first-order valence-electron chi connectivity index (χ1n) is 11.7. The van der Waals surface area contributed by atoms with Crippen LogP contribution >= 0.6 is 0 Å². The van der Waals surface area contributed by atoms with Crippen LogP contribution in [0.2, 0.25) is 0 Å². The van der Waals surface area contributed by atoms with Crippen molar-refractivity contribution in [2.75, 3.05) is 26.2 Å². The van der Waals surface area contributed by atoms with E-state index in [1.807, 2.05) is 0 Å². The van der Waals surface area contributed by atoms with Gasteiger partial charge in [0.25, 0.3) is 0 Å². The molecule has 0 spiro atoms. The zero-order chi connectivity index (χ0) is 18.4. The fourth-order valence-electron chi connectivity index (χ4n) is 3.57. The summed E-state index contributed by atoms with van der Waals surface area (Å²) in [7, 11) is 0. The Kier molecular flexibility index (Phi) is 21.9. The Morgan fingerprint density at radius 2 is 0.760 bits per heavy atom. The zero-order valence-corrected chi connectivity index (χ0v) is 17.7. The highest BCUT2D eigenvalue weighted by molar-refractivity contribution is 4.59. The molecule has 152 valence electrons. The van der Waals surface area contributed by atoms with E-state index in [0.717, 1.165) is 13.0 Å². The second-order valence-electron chi connectivity index (χ2n) is 7.87. The molecular formula is C23H49NO. The van der Waals surface area contributed by atoms with E-state index in [1.165, 1.54) is 116 Å². The van der Waals surface area contributed by atoms with E-state index in [4.69, 9.17) is 5.11 Å². The molecule has 0 bridgehead atoms. The van der Waals surface area contributed by atoms with E-state index in [2.05, 4.69) is 18.7 Å². The average molecular weight is 356 g/mol. The molecule has 0 aromatic carbocycles. The van der Waals surface area contributed by atoms with Crippen molar-refractivity contribution in [3.05, 3.63) is 0 Å². The molecule has 1 N–H and O–H groups in total. The lowest BCUT2D eigenvalue weighted by Gasteiger charge is -2.22. The topological polar surface area (TPSA) is 23.5 Å². The van der Waals surface area contributed by atoms with Crippen molar-refractivity contribution in [1.29, 1.82) is 0 Å². The summed E-state index contributed by atoms with van der Waals surface area (Å²) in [5.74, 6) is 0. The number of rotatable bonds is 21. The molecule has 0 unspecified atom stereocenters. The highest BCUT2D eigenvalue weighted by Crippen LogP contribution is 2.11. The van der Waals surface area contributed by atoms with Crippen molar-refractivity contribution in [2.24, 2.45) is 0 Å². The normalized spacial score (nSPS) is 11.5. The summed E-state index contributed by atoms with van der Waals surface area (Å²) in [6.45, 7) is 8.48. The molecule has 0 aliphatic rings. The quantitative estimate of drug-likeness (QED) is 0.225. The highest BCUT2D eigenvalue weighted by atomic mass is 16.3. The van der Waals surface area contributed by atoms with Gasteiger partial charge in [-0.05, 0) is 32.4 Å². The minimum absolute atomic E-state index is 0.339. The Bertz CT molecular complexity index is 212. The number of hydrogen-bond acceptors (Lipinski definition) is 2. The summed E-state index contributed by atoms with van der Waals surface area (Å²) in [5, 5.41) is 9.11. The van der Waals surface area contributed by atoms with Gasteiger partial charge in [0, 0.05) is 13.2 Å². The van der Waals surface area contributed by atoms with E-state index >= 15 is 0 Å². The van der Waals surface area contributed by atoms with Crippen LogP contribution < -0.4 is 0 Å². The van der Waals surface area contributed by atoms with Crippen LogP contribution in [-0.2, 0) is 0 Å². The standard InChI is InChI=1S/C23H49NO/c1-3-5-7-9-11-13-15-17-20-24(22-19-23-25)21-18-16-14-12-10-8-6-4-2/h25H,3-23H2,1-2H3. The molecule has 0 aliphatic heterocycles. The van der Waals surface area contributed by atoms with Gasteiger partial charge in [-0.1, -0.05) is 104 Å². The molecule has 0 amide bonds. The smallest absolute Gasteiger partial charge is 0.0443 e. The number of aliphatic hydroxyl groups is 1. The Hall–Kier alpha value is -0.0800. The molecule has 25 heavy (non-hydrogen) atoms. The molecule has 0 atom stereocenters. The Balaban J connectivity index is 3.54. The second kappa shape index (κ2) is 22.0. The summed E-state index contributed by atoms with van der Waals surface area (Å²) in [6.07, 6.45) is 23.3. The third-order valence-electron chi connectivity index (χ3n) is 5.29. The molecule has 2 heteroatoms. The third kappa shape index (κ3) is 20.1. The lowest BCUT2D eigenvalue weighted by atomic mass is 10.1. The fraction of sp³-hybridized carbons (Fsp3) is 1.00. The molecule has 0 fully saturated rings. The van der Waals surface area contributed by atoms with Crippen LogP contribution in [0.5, 0.6) is 0 Å². The molecule has 0 heterocycles. The first-order chi connectivity index (χ1) is 12.3. The van der Waals surface area contributed by atoms with Gasteiger partial charge in [-0.25, -0.2) is 0 Å². The van der Waals surface area contributed by atoms with Crippen molar-refractivity contribution in [3.63, 3.8) is 0 Å². The molecular weight excluding hydrogens is 306 g/mol. The maximum atomic E-state index is 9.11. The largest absolute Gasteiger partial charge is 0.396 e. The van der Waals surface area contributed by atoms with Gasteiger partial charge < -0.3 is 10.0 Å². The monoisotopic (exact) mass is 355 g/mol. The van der Waals surface area contributed by atoms with Gasteiger partial charge in [-0.15, -0.1) is 0 Å². The number of hydrogen-bond donors (Lipinski definition) is 1. The van der Waals surface area contributed by atoms with Crippen molar-refractivity contribution >= 4 is 0 Å². The maximum absolute atomic E-state index is 9.11. The SMILES string of the molecule is CCCCCCCCCCN(CCCO)CCCCCCCCCC. The summed E-state index contributed by atoms with van der Waals surface area (Å²) in [5.41, 5.74) is 0. The first kappa shape index (κ1) is 24.9. The molecule has 0 saturated carbocycles. The molecule has 0 aromatic rings. The van der Waals surface area contributed by atoms with Gasteiger partial charge in [0.15, 0.2) is 0 Å². The third-order valence-corrected chi connectivity index (χ3v) is 5.29. The van der Waals surface area contributed by atoms with Gasteiger partial charge in [0.2, 0.25) is 0 Å². The van der Waals surface area contributed by atoms with Gasteiger partial charge >= 0.3 is 0 Å². The minimum atomic E-state index is 0.339. The molecule has 2 nitrogen and oxygen atoms in total. The first-order valence-corrected chi connectivity index (χ1v) is 11.7. The van der Waals surface area contributed by atoms with E-state index in [0.29, 0.717) is 6.61 Å². The van der Waals surface area contributed by atoms with Crippen LogP contribution in [0.25, 0.3) is 0 Å². The van der Waals surface area contributed by atoms with Crippen molar-refractivity contribution in [3.8, 4) is 0 Å². The predicted molar refractivity (Wildman–Crippen MR) is 113 cm³/mol. The Labute approximate surface area is 159 Å². The van der Waals surface area contributed by atoms with Crippen LogP contribution in [0, 0.1) is 0 Å². The van der Waals surface area contributed by atoms with Gasteiger partial charge in [0.05, 0.1) is 0 Å². The number of aliphatic hydroxyl groups excluding tert-OH is 1. The number of nitrogens with zero attached hydrogens (tertiary/aromatic N) is 1. The van der Waals surface area contributed by atoms with Gasteiger partial charge in [0.1, 0.15) is 0 Å². The van der Waals surface area contributed by atoms with Crippen molar-refractivity contribution < 1.29 is 5.11 Å². The van der Waals surface area contributed by atoms with Gasteiger partial charge in [-0.2, -0.15) is 0 Å². The highest BCUT2D eigenvalue weighted by Gasteiger charge is 2.04. The van der Waals surface area contributed by atoms with E-state index in [-0.39, 0.29) is 0 Å². The summed E-state index contributed by atoms with van der Waals surface area (Å²) in [6, 6.07) is 0. The second-order valence-corrected chi connectivity index (χ2v) is 7.87. The van der Waals surface area contributed by atoms with Gasteiger partial charge in [-0.3, -0.25) is 0 Å². The maximum Gasteiger partial charge on any atom is 0.0443 e. The summed E-state index contributed by atoms with van der Waals surface area (Å²) in [4.78, 5) is 2.60. The summed E-state index contributed by atoms with van der Waals surface area (Å²) < 4.78 is 0. The van der Waals surface area contributed by atoms with Crippen LogP contribution in [0.3, 0.4) is 0 Å². The molecule has 0 aliphatic carbocycles. The molecule has 0 rings (SSSR count). The predicted octanol–water partition coefficient (Wildman–Crippen LogP) is 6.95. The van der Waals surface area contributed by atoms with Crippen LogP contribution in [0.15, 0.2) is 0 Å². The molecule has 0 saturated heterocycles. The minimum Gasteiger partial charge on any atom is -0.396 e. The van der Waals surface area contributed by atoms with Crippen molar-refractivity contribution in [1.82, 2.24) is 4.90 Å². The lowest BCUT2D eigenvalue weighted by Crippen LogP contribution is -2.27. The molecule has 0 radical (unpaired) electrons. The fourth-order valence-corrected chi connectivity index (χ4v) is 3.57. The van der Waals surface area contributed by atoms with Crippen LogP contribution in [0.4, 0.5) is 0 Å². The van der Waals surface area contributed by atoms with E-state index in [1.54, 1.807) is 0 Å². The summed E-state index contributed by atoms with van der Waals surface area (Å²) >= 11 is 0. The van der Waals surface area contributed by atoms with Crippen LogP contribution in [-0.4, -0.2) is 36.2 Å². The van der Waals surface area contributed by atoms with Crippen molar-refractivity contribution in [2.45, 2.75) is 123 Å². The Morgan fingerprint density at radius 3 is 1.12 bits per heavy atom. The number of unbranched alkanes of at least 4 members (excludes halogenated alkanes) is 14. The average Bonchev–Trinajstić information content (AvgIpc) is 2.63.